The van der Waals surface area contributed by atoms with E-state index in [1.807, 2.05) is 6.92 Å². The van der Waals surface area contributed by atoms with Crippen LogP contribution in [0, 0.1) is 0 Å². The van der Waals surface area contributed by atoms with Crippen LogP contribution in [0.2, 0.25) is 0 Å². The summed E-state index contributed by atoms with van der Waals surface area (Å²) < 4.78 is 10.8. The van der Waals surface area contributed by atoms with Gasteiger partial charge in [0, 0.05) is 25.0 Å². The summed E-state index contributed by atoms with van der Waals surface area (Å²) in [5.41, 5.74) is -0.0795. The first-order chi connectivity index (χ1) is 12.4. The molecule has 2 aromatic rings. The number of rotatable bonds is 7. The average molecular weight is 361 g/mol. The molecule has 0 unspecified atom stereocenters. The Morgan fingerprint density at radius 3 is 2.62 bits per heavy atom. The molecule has 142 valence electrons. The number of hydrogen-bond acceptors (Lipinski definition) is 5. The normalized spacial score (nSPS) is 12.1. The van der Waals surface area contributed by atoms with Gasteiger partial charge in [-0.3, -0.25) is 4.79 Å². The molecule has 0 aliphatic carbocycles. The fraction of sp³-hybridized carbons (Fsp3) is 0.500. The molecule has 0 aliphatic heterocycles. The number of oxazole rings is 1. The number of amides is 1. The zero-order valence-electron chi connectivity index (χ0n) is 15.8. The zero-order valence-corrected chi connectivity index (χ0v) is 15.8. The lowest BCUT2D eigenvalue weighted by Gasteiger charge is -2.13. The van der Waals surface area contributed by atoms with Crippen molar-refractivity contribution in [3.05, 3.63) is 42.0 Å². The molecule has 26 heavy (non-hydrogen) atoms. The summed E-state index contributed by atoms with van der Waals surface area (Å²) in [6.07, 6.45) is 3.21. The van der Waals surface area contributed by atoms with E-state index >= 15 is 0 Å². The Hall–Kier alpha value is -2.77. The van der Waals surface area contributed by atoms with Gasteiger partial charge in [0.1, 0.15) is 12.3 Å². The van der Waals surface area contributed by atoms with Crippen LogP contribution in [0.25, 0.3) is 0 Å². The molecule has 0 radical (unpaired) electrons. The van der Waals surface area contributed by atoms with Gasteiger partial charge in [-0.2, -0.15) is 0 Å². The molecule has 0 fully saturated rings. The maximum atomic E-state index is 11.8. The molecule has 0 aliphatic rings. The average Bonchev–Trinajstić information content (AvgIpc) is 3.27. The van der Waals surface area contributed by atoms with Crippen LogP contribution in [0.15, 0.2) is 38.4 Å². The molecule has 8 nitrogen and oxygen atoms in total. The number of nitrogens with one attached hydrogen (secondary N) is 3. The van der Waals surface area contributed by atoms with Crippen molar-refractivity contribution >= 4 is 11.9 Å². The molecule has 0 atom stereocenters. The fourth-order valence-electron chi connectivity index (χ4n) is 2.07. The molecule has 0 spiro atoms. The van der Waals surface area contributed by atoms with E-state index in [4.69, 9.17) is 8.83 Å². The van der Waals surface area contributed by atoms with Crippen LogP contribution in [-0.2, 0) is 12.0 Å². The van der Waals surface area contributed by atoms with Crippen molar-refractivity contribution in [3.8, 4) is 0 Å². The SMILES string of the molecule is CCNC(=NCc1ncc(C(C)(C)C)o1)NCCNC(=O)c1ccco1. The fourth-order valence-corrected chi connectivity index (χ4v) is 2.07. The smallest absolute Gasteiger partial charge is 0.287 e. The Labute approximate surface area is 153 Å². The van der Waals surface area contributed by atoms with Gasteiger partial charge in [0.05, 0.1) is 12.5 Å². The third-order valence-corrected chi connectivity index (χ3v) is 3.46. The molecule has 3 N–H and O–H groups in total. The first-order valence-corrected chi connectivity index (χ1v) is 8.69. The number of aliphatic imine (C=N–C) groups is 1. The molecule has 2 aromatic heterocycles. The summed E-state index contributed by atoms with van der Waals surface area (Å²) in [4.78, 5) is 20.5. The highest BCUT2D eigenvalue weighted by molar-refractivity contribution is 5.91. The van der Waals surface area contributed by atoms with Crippen LogP contribution < -0.4 is 16.0 Å². The number of carbonyl (C=O) groups is 1. The van der Waals surface area contributed by atoms with Crippen LogP contribution in [0.4, 0.5) is 0 Å². The molecular formula is C18H27N5O3. The Balaban J connectivity index is 1.81. The van der Waals surface area contributed by atoms with Gasteiger partial charge < -0.3 is 24.8 Å². The van der Waals surface area contributed by atoms with E-state index in [0.717, 1.165) is 12.3 Å². The van der Waals surface area contributed by atoms with E-state index in [1.54, 1.807) is 18.3 Å². The molecule has 0 aromatic carbocycles. The summed E-state index contributed by atoms with van der Waals surface area (Å²) in [6, 6.07) is 3.30. The lowest BCUT2D eigenvalue weighted by molar-refractivity contribution is 0.0926. The quantitative estimate of drug-likeness (QED) is 0.396. The molecule has 2 rings (SSSR count). The topological polar surface area (TPSA) is 105 Å². The maximum absolute atomic E-state index is 11.8. The molecule has 1 amide bonds. The van der Waals surface area contributed by atoms with Gasteiger partial charge in [-0.15, -0.1) is 0 Å². The molecule has 2 heterocycles. The lowest BCUT2D eigenvalue weighted by atomic mass is 9.94. The standard InChI is InChI=1S/C18H27N5O3/c1-5-19-17(21-9-8-20-16(24)13-7-6-10-25-13)23-12-15-22-11-14(26-15)18(2,3)4/h6-7,10-11H,5,8-9,12H2,1-4H3,(H,20,24)(H2,19,21,23). The van der Waals surface area contributed by atoms with Crippen LogP contribution in [0.3, 0.4) is 0 Å². The Morgan fingerprint density at radius 2 is 2.00 bits per heavy atom. The van der Waals surface area contributed by atoms with E-state index in [9.17, 15) is 4.79 Å². The van der Waals surface area contributed by atoms with Gasteiger partial charge in [-0.25, -0.2) is 9.98 Å². The Morgan fingerprint density at radius 1 is 1.23 bits per heavy atom. The second kappa shape index (κ2) is 9.07. The molecule has 0 bridgehead atoms. The number of aromatic nitrogens is 1. The third-order valence-electron chi connectivity index (χ3n) is 3.46. The second-order valence-electron chi connectivity index (χ2n) is 6.72. The highest BCUT2D eigenvalue weighted by Crippen LogP contribution is 2.22. The largest absolute Gasteiger partial charge is 0.459 e. The van der Waals surface area contributed by atoms with Crippen molar-refractivity contribution in [2.24, 2.45) is 4.99 Å². The van der Waals surface area contributed by atoms with Crippen LogP contribution in [-0.4, -0.2) is 36.5 Å². The predicted octanol–water partition coefficient (Wildman–Crippen LogP) is 2.05. The van der Waals surface area contributed by atoms with Crippen molar-refractivity contribution in [3.63, 3.8) is 0 Å². The van der Waals surface area contributed by atoms with Gasteiger partial charge >= 0.3 is 0 Å². The van der Waals surface area contributed by atoms with Crippen molar-refractivity contribution in [1.82, 2.24) is 20.9 Å². The van der Waals surface area contributed by atoms with Crippen LogP contribution in [0.1, 0.15) is 49.9 Å². The maximum Gasteiger partial charge on any atom is 0.287 e. The second-order valence-corrected chi connectivity index (χ2v) is 6.72. The van der Waals surface area contributed by atoms with E-state index in [0.29, 0.717) is 37.2 Å². The monoisotopic (exact) mass is 361 g/mol. The molecule has 0 saturated heterocycles. The Bertz CT molecular complexity index is 714. The number of hydrogen-bond donors (Lipinski definition) is 3. The van der Waals surface area contributed by atoms with Crippen LogP contribution in [0.5, 0.6) is 0 Å². The first-order valence-electron chi connectivity index (χ1n) is 8.69. The predicted molar refractivity (Wildman–Crippen MR) is 99.1 cm³/mol. The van der Waals surface area contributed by atoms with Gasteiger partial charge in [0.15, 0.2) is 11.7 Å². The zero-order chi connectivity index (χ0) is 19.0. The number of guanidine groups is 1. The van der Waals surface area contributed by atoms with E-state index in [-0.39, 0.29) is 11.3 Å². The van der Waals surface area contributed by atoms with Crippen molar-refractivity contribution in [1.29, 1.82) is 0 Å². The van der Waals surface area contributed by atoms with Crippen molar-refractivity contribution < 1.29 is 13.6 Å². The summed E-state index contributed by atoms with van der Waals surface area (Å²) in [5, 5.41) is 9.06. The minimum absolute atomic E-state index is 0.0795. The first kappa shape index (κ1) is 19.6. The summed E-state index contributed by atoms with van der Waals surface area (Å²) in [6.45, 7) is 10.2. The minimum Gasteiger partial charge on any atom is -0.459 e. The van der Waals surface area contributed by atoms with Gasteiger partial charge in [0.25, 0.3) is 5.91 Å². The van der Waals surface area contributed by atoms with Crippen LogP contribution >= 0.6 is 0 Å². The third kappa shape index (κ3) is 5.94. The summed E-state index contributed by atoms with van der Waals surface area (Å²) in [5.74, 6) is 2.09. The Kier molecular flexibility index (Phi) is 6.82. The van der Waals surface area contributed by atoms with E-state index in [2.05, 4.69) is 46.7 Å². The summed E-state index contributed by atoms with van der Waals surface area (Å²) >= 11 is 0. The van der Waals surface area contributed by atoms with Gasteiger partial charge in [-0.1, -0.05) is 20.8 Å². The highest BCUT2D eigenvalue weighted by Gasteiger charge is 2.19. The highest BCUT2D eigenvalue weighted by atomic mass is 16.4. The van der Waals surface area contributed by atoms with E-state index < -0.39 is 0 Å². The molecular weight excluding hydrogens is 334 g/mol. The number of furan rings is 1. The number of carbonyl (C=O) groups excluding carboxylic acids is 1. The summed E-state index contributed by atoms with van der Waals surface area (Å²) in [7, 11) is 0. The molecule has 0 saturated carbocycles. The number of nitrogens with zero attached hydrogens (tertiary/aromatic N) is 2. The lowest BCUT2D eigenvalue weighted by Crippen LogP contribution is -2.41. The molecule has 8 heteroatoms. The minimum atomic E-state index is -0.242. The van der Waals surface area contributed by atoms with Crippen molar-refractivity contribution in [2.45, 2.75) is 39.7 Å². The van der Waals surface area contributed by atoms with Gasteiger partial charge in [-0.05, 0) is 19.1 Å². The van der Waals surface area contributed by atoms with E-state index in [1.165, 1.54) is 6.26 Å². The van der Waals surface area contributed by atoms with Crippen molar-refractivity contribution in [2.75, 3.05) is 19.6 Å². The van der Waals surface area contributed by atoms with Gasteiger partial charge in [0.2, 0.25) is 5.89 Å².